The molecule has 29 heavy (non-hydrogen) atoms. The average molecular weight is 444 g/mol. The maximum absolute atomic E-state index is 13.6. The Morgan fingerprint density at radius 3 is 2.03 bits per heavy atom. The van der Waals surface area contributed by atoms with Crippen LogP contribution in [0.3, 0.4) is 0 Å². The van der Waals surface area contributed by atoms with Gasteiger partial charge < -0.3 is 9.80 Å². The molecule has 4 rings (SSSR count). The highest BCUT2D eigenvalue weighted by molar-refractivity contribution is 6.20. The van der Waals surface area contributed by atoms with Crippen LogP contribution in [-0.4, -0.2) is 81.1 Å². The molecule has 2 aliphatic heterocycles. The van der Waals surface area contributed by atoms with E-state index in [0.717, 1.165) is 51.4 Å². The van der Waals surface area contributed by atoms with E-state index in [-0.39, 0.29) is 29.8 Å². The van der Waals surface area contributed by atoms with E-state index in [0.29, 0.717) is 37.0 Å². The molecule has 2 heterocycles. The number of carbonyl (C=O) groups excluding carboxylic acids is 2. The summed E-state index contributed by atoms with van der Waals surface area (Å²) in [7, 11) is 0. The second-order valence-corrected chi connectivity index (χ2v) is 11.2. The van der Waals surface area contributed by atoms with Crippen molar-refractivity contribution in [2.45, 2.75) is 93.6 Å². The lowest BCUT2D eigenvalue weighted by atomic mass is 9.78. The van der Waals surface area contributed by atoms with Crippen LogP contribution in [0.1, 0.15) is 65.2 Å². The molecule has 0 unspecified atom stereocenters. The summed E-state index contributed by atoms with van der Waals surface area (Å²) in [6.07, 6.45) is 8.43. The van der Waals surface area contributed by atoms with Crippen molar-refractivity contribution in [3.8, 4) is 0 Å². The van der Waals surface area contributed by atoms with Crippen LogP contribution in [0.2, 0.25) is 0 Å². The average Bonchev–Trinajstić information content (AvgIpc) is 2.65. The number of halogens is 2. The number of nitrogens with zero attached hydrogens (tertiary/aromatic N) is 3. The van der Waals surface area contributed by atoms with Crippen LogP contribution >= 0.6 is 23.2 Å². The van der Waals surface area contributed by atoms with Crippen molar-refractivity contribution in [2.24, 2.45) is 5.92 Å². The zero-order valence-corrected chi connectivity index (χ0v) is 19.3. The van der Waals surface area contributed by atoms with E-state index in [9.17, 15) is 9.59 Å². The minimum Gasteiger partial charge on any atom is -0.329 e. The van der Waals surface area contributed by atoms with Crippen molar-refractivity contribution < 1.29 is 9.59 Å². The van der Waals surface area contributed by atoms with Crippen LogP contribution in [0.25, 0.3) is 0 Å². The SMILES string of the molecule is CC(C)N1CC(=O)N(CC2CCC(Cl)CC2)C2(CN(C3CCC(Cl)CC3)C2)C1=O. The zero-order chi connectivity index (χ0) is 20.8. The van der Waals surface area contributed by atoms with Gasteiger partial charge in [0.2, 0.25) is 5.91 Å². The fourth-order valence-electron chi connectivity index (χ4n) is 5.77. The van der Waals surface area contributed by atoms with Crippen molar-refractivity contribution >= 4 is 35.0 Å². The Hall–Kier alpha value is -0.520. The predicted octanol–water partition coefficient (Wildman–Crippen LogP) is 3.47. The molecule has 1 spiro atoms. The van der Waals surface area contributed by atoms with Crippen LogP contribution in [0.5, 0.6) is 0 Å². The first-order valence-electron chi connectivity index (χ1n) is 11.4. The number of likely N-dealkylation sites (tertiary alicyclic amines) is 1. The highest BCUT2D eigenvalue weighted by Gasteiger charge is 2.60. The summed E-state index contributed by atoms with van der Waals surface area (Å²) in [6, 6.07) is 0.555. The molecule has 0 atom stereocenters. The van der Waals surface area contributed by atoms with E-state index in [2.05, 4.69) is 4.90 Å². The largest absolute Gasteiger partial charge is 0.329 e. The summed E-state index contributed by atoms with van der Waals surface area (Å²) in [4.78, 5) is 33.0. The number of hydrogen-bond acceptors (Lipinski definition) is 3. The summed E-state index contributed by atoms with van der Waals surface area (Å²) in [5, 5.41) is 0.566. The van der Waals surface area contributed by atoms with Gasteiger partial charge in [-0.25, -0.2) is 0 Å². The zero-order valence-electron chi connectivity index (χ0n) is 17.8. The normalized spacial score (nSPS) is 36.0. The third-order valence-electron chi connectivity index (χ3n) is 7.69. The lowest BCUT2D eigenvalue weighted by Gasteiger charge is -2.61. The lowest BCUT2D eigenvalue weighted by Crippen LogP contribution is -2.82. The number of piperazine rings is 1. The van der Waals surface area contributed by atoms with Gasteiger partial charge in [-0.2, -0.15) is 0 Å². The summed E-state index contributed by atoms with van der Waals surface area (Å²) in [6.45, 7) is 6.32. The molecule has 2 saturated carbocycles. The second kappa shape index (κ2) is 8.55. The van der Waals surface area contributed by atoms with Crippen molar-refractivity contribution in [1.82, 2.24) is 14.7 Å². The fourth-order valence-corrected chi connectivity index (χ4v) is 6.27. The van der Waals surface area contributed by atoms with Gasteiger partial charge in [-0.05, 0) is 71.1 Å². The monoisotopic (exact) mass is 443 g/mol. The smallest absolute Gasteiger partial charge is 0.251 e. The van der Waals surface area contributed by atoms with Crippen LogP contribution < -0.4 is 0 Å². The molecule has 0 aromatic heterocycles. The van der Waals surface area contributed by atoms with Gasteiger partial charge >= 0.3 is 0 Å². The molecule has 2 saturated heterocycles. The molecule has 4 fully saturated rings. The Bertz CT molecular complexity index is 622. The minimum atomic E-state index is -0.658. The van der Waals surface area contributed by atoms with Crippen molar-refractivity contribution in [2.75, 3.05) is 26.2 Å². The number of alkyl halides is 2. The summed E-state index contributed by atoms with van der Waals surface area (Å²) < 4.78 is 0. The van der Waals surface area contributed by atoms with Crippen molar-refractivity contribution in [3.63, 3.8) is 0 Å². The Morgan fingerprint density at radius 2 is 1.48 bits per heavy atom. The van der Waals surface area contributed by atoms with Gasteiger partial charge in [0.25, 0.3) is 5.91 Å². The fraction of sp³-hybridized carbons (Fsp3) is 0.909. The van der Waals surface area contributed by atoms with Gasteiger partial charge in [-0.3, -0.25) is 14.5 Å². The maximum atomic E-state index is 13.6. The molecular weight excluding hydrogens is 409 g/mol. The van der Waals surface area contributed by atoms with Gasteiger partial charge in [0.1, 0.15) is 12.1 Å². The molecule has 7 heteroatoms. The van der Waals surface area contributed by atoms with E-state index in [4.69, 9.17) is 23.2 Å². The Labute approximate surface area is 185 Å². The third-order valence-corrected chi connectivity index (χ3v) is 8.57. The molecule has 5 nitrogen and oxygen atoms in total. The van der Waals surface area contributed by atoms with Crippen molar-refractivity contribution in [1.29, 1.82) is 0 Å². The van der Waals surface area contributed by atoms with E-state index in [1.807, 2.05) is 18.7 Å². The van der Waals surface area contributed by atoms with E-state index >= 15 is 0 Å². The van der Waals surface area contributed by atoms with E-state index in [1.54, 1.807) is 4.90 Å². The van der Waals surface area contributed by atoms with Gasteiger partial charge in [-0.15, -0.1) is 23.2 Å². The van der Waals surface area contributed by atoms with Crippen LogP contribution in [-0.2, 0) is 9.59 Å². The Kier molecular flexibility index (Phi) is 6.40. The molecule has 0 bridgehead atoms. The molecule has 4 aliphatic rings. The number of hydrogen-bond donors (Lipinski definition) is 0. The number of rotatable bonds is 4. The highest BCUT2D eigenvalue weighted by atomic mass is 35.5. The van der Waals surface area contributed by atoms with Gasteiger partial charge in [0.05, 0.1) is 0 Å². The lowest BCUT2D eigenvalue weighted by molar-refractivity contribution is -0.184. The van der Waals surface area contributed by atoms with Crippen LogP contribution in [0, 0.1) is 5.92 Å². The molecule has 0 N–H and O–H groups in total. The van der Waals surface area contributed by atoms with E-state index in [1.165, 1.54) is 0 Å². The summed E-state index contributed by atoms with van der Waals surface area (Å²) >= 11 is 12.6. The van der Waals surface area contributed by atoms with Crippen molar-refractivity contribution in [3.05, 3.63) is 0 Å². The molecule has 2 amide bonds. The quantitative estimate of drug-likeness (QED) is 0.624. The number of carbonyl (C=O) groups is 2. The van der Waals surface area contributed by atoms with Gasteiger partial charge in [0.15, 0.2) is 0 Å². The first kappa shape index (κ1) is 21.7. The summed E-state index contributed by atoms with van der Waals surface area (Å²) in [5.41, 5.74) is -0.658. The molecular formula is C22H35Cl2N3O2. The van der Waals surface area contributed by atoms with E-state index < -0.39 is 5.54 Å². The summed E-state index contributed by atoms with van der Waals surface area (Å²) in [5.74, 6) is 0.737. The van der Waals surface area contributed by atoms with Crippen LogP contribution in [0.15, 0.2) is 0 Å². The molecule has 0 aromatic rings. The van der Waals surface area contributed by atoms with Gasteiger partial charge in [0, 0.05) is 42.5 Å². The topological polar surface area (TPSA) is 43.9 Å². The first-order chi connectivity index (χ1) is 13.8. The van der Waals surface area contributed by atoms with Gasteiger partial charge in [-0.1, -0.05) is 0 Å². The minimum absolute atomic E-state index is 0.0536. The second-order valence-electron chi connectivity index (χ2n) is 9.99. The molecule has 0 aromatic carbocycles. The molecule has 2 aliphatic carbocycles. The first-order valence-corrected chi connectivity index (χ1v) is 12.3. The van der Waals surface area contributed by atoms with Crippen LogP contribution in [0.4, 0.5) is 0 Å². The Balaban J connectivity index is 1.50. The third kappa shape index (κ3) is 4.16. The maximum Gasteiger partial charge on any atom is 0.251 e. The Morgan fingerprint density at radius 1 is 0.931 bits per heavy atom. The standard InChI is InChI=1S/C22H35Cl2N3O2/c1-15(2)26-12-20(28)27(11-16-3-5-17(23)6-4-16)22(21(26)29)13-25(14-22)19-9-7-18(24)8-10-19/h15-19H,3-14H2,1-2H3. The molecule has 164 valence electrons. The predicted molar refractivity (Wildman–Crippen MR) is 116 cm³/mol. The number of amides is 2. The highest BCUT2D eigenvalue weighted by Crippen LogP contribution is 2.40. The molecule has 0 radical (unpaired) electrons.